The zero-order valence-electron chi connectivity index (χ0n) is 12.3. The first-order valence-corrected chi connectivity index (χ1v) is 8.14. The van der Waals surface area contributed by atoms with Crippen LogP contribution in [0, 0.1) is 17.8 Å². The van der Waals surface area contributed by atoms with Gasteiger partial charge in [0.15, 0.2) is 0 Å². The van der Waals surface area contributed by atoms with Gasteiger partial charge >= 0.3 is 5.69 Å². The van der Waals surface area contributed by atoms with E-state index in [1.54, 1.807) is 12.3 Å². The molecule has 1 aromatic rings. The molecule has 4 aliphatic rings. The van der Waals surface area contributed by atoms with Gasteiger partial charge in [-0.3, -0.25) is 0 Å². The molecule has 0 saturated heterocycles. The van der Waals surface area contributed by atoms with Crippen molar-refractivity contribution in [1.29, 1.82) is 0 Å². The average molecular weight is 289 g/mol. The second-order valence-electron chi connectivity index (χ2n) is 7.21. The summed E-state index contributed by atoms with van der Waals surface area (Å²) in [6.45, 7) is 1.40. The van der Waals surface area contributed by atoms with Gasteiger partial charge in [-0.1, -0.05) is 0 Å². The summed E-state index contributed by atoms with van der Waals surface area (Å²) in [7, 11) is 0. The highest BCUT2D eigenvalue weighted by molar-refractivity contribution is 5.07. The lowest BCUT2D eigenvalue weighted by Gasteiger charge is -2.57. The Morgan fingerprint density at radius 3 is 2.52 bits per heavy atom. The maximum atomic E-state index is 11.1. The van der Waals surface area contributed by atoms with Crippen molar-refractivity contribution < 1.29 is 4.74 Å². The van der Waals surface area contributed by atoms with Crippen molar-refractivity contribution in [2.75, 3.05) is 13.2 Å². The van der Waals surface area contributed by atoms with Gasteiger partial charge in [-0.05, 0) is 56.3 Å². The van der Waals surface area contributed by atoms with Gasteiger partial charge in [-0.25, -0.2) is 4.79 Å². The zero-order valence-corrected chi connectivity index (χ0v) is 12.3. The fourth-order valence-electron chi connectivity index (χ4n) is 5.23. The van der Waals surface area contributed by atoms with Gasteiger partial charge in [-0.15, -0.1) is 0 Å². The summed E-state index contributed by atoms with van der Waals surface area (Å²) >= 11 is 0. The van der Waals surface area contributed by atoms with E-state index in [-0.39, 0.29) is 5.69 Å². The predicted molar refractivity (Wildman–Crippen MR) is 79.3 cm³/mol. The Balaban J connectivity index is 1.30. The van der Waals surface area contributed by atoms with Crippen molar-refractivity contribution in [3.05, 3.63) is 22.7 Å². The number of hydrogen-bond donors (Lipinski definition) is 2. The summed E-state index contributed by atoms with van der Waals surface area (Å²) in [4.78, 5) is 17.4. The van der Waals surface area contributed by atoms with Crippen LogP contribution in [0.15, 0.2) is 17.1 Å². The van der Waals surface area contributed by atoms with Gasteiger partial charge in [0.2, 0.25) is 5.88 Å². The summed E-state index contributed by atoms with van der Waals surface area (Å²) in [6.07, 6.45) is 10.0. The highest BCUT2D eigenvalue weighted by Crippen LogP contribution is 2.55. The lowest BCUT2D eigenvalue weighted by molar-refractivity contribution is -0.0207. The monoisotopic (exact) mass is 289 g/mol. The molecular formula is C16H23N3O2. The van der Waals surface area contributed by atoms with Crippen LogP contribution in [0.3, 0.4) is 0 Å². The van der Waals surface area contributed by atoms with Gasteiger partial charge < -0.3 is 15.0 Å². The summed E-state index contributed by atoms with van der Waals surface area (Å²) in [5.74, 6) is 3.28. The Bertz CT molecular complexity index is 533. The van der Waals surface area contributed by atoms with Crippen molar-refractivity contribution in [3.63, 3.8) is 0 Å². The first-order valence-electron chi connectivity index (χ1n) is 8.14. The molecule has 4 fully saturated rings. The van der Waals surface area contributed by atoms with E-state index in [0.717, 1.165) is 24.3 Å². The second-order valence-corrected chi connectivity index (χ2v) is 7.21. The zero-order chi connectivity index (χ0) is 14.3. The molecule has 4 saturated carbocycles. The van der Waals surface area contributed by atoms with Crippen LogP contribution in [0.4, 0.5) is 0 Å². The number of H-pyrrole nitrogens is 1. The molecule has 4 aliphatic carbocycles. The largest absolute Gasteiger partial charge is 0.476 e. The Labute approximate surface area is 124 Å². The Morgan fingerprint density at radius 1 is 1.24 bits per heavy atom. The molecule has 1 aromatic heterocycles. The number of ether oxygens (including phenoxy) is 1. The van der Waals surface area contributed by atoms with Gasteiger partial charge in [0.05, 0.1) is 0 Å². The van der Waals surface area contributed by atoms with Gasteiger partial charge in [0.25, 0.3) is 0 Å². The van der Waals surface area contributed by atoms with Crippen molar-refractivity contribution >= 4 is 0 Å². The van der Waals surface area contributed by atoms with Crippen LogP contribution in [0.5, 0.6) is 5.88 Å². The number of aromatic nitrogens is 2. The minimum Gasteiger partial charge on any atom is -0.476 e. The molecule has 0 spiro atoms. The Kier molecular flexibility index (Phi) is 3.25. The molecule has 0 aromatic carbocycles. The normalized spacial score (nSPS) is 36.9. The molecule has 0 atom stereocenters. The molecule has 114 valence electrons. The van der Waals surface area contributed by atoms with E-state index < -0.39 is 0 Å². The topological polar surface area (TPSA) is 67.0 Å². The van der Waals surface area contributed by atoms with E-state index in [4.69, 9.17) is 4.74 Å². The van der Waals surface area contributed by atoms with Crippen LogP contribution in [0.2, 0.25) is 0 Å². The lowest BCUT2D eigenvalue weighted by Crippen LogP contribution is -2.59. The molecule has 2 N–H and O–H groups in total. The maximum Gasteiger partial charge on any atom is 0.348 e. The first kappa shape index (κ1) is 13.3. The molecule has 0 aliphatic heterocycles. The quantitative estimate of drug-likeness (QED) is 0.810. The molecule has 5 nitrogen and oxygen atoms in total. The number of nitrogens with zero attached hydrogens (tertiary/aromatic N) is 1. The first-order chi connectivity index (χ1) is 10.2. The van der Waals surface area contributed by atoms with E-state index in [9.17, 15) is 4.79 Å². The molecule has 4 bridgehead atoms. The van der Waals surface area contributed by atoms with Crippen molar-refractivity contribution in [3.8, 4) is 5.88 Å². The van der Waals surface area contributed by atoms with Crippen LogP contribution in [-0.4, -0.2) is 28.7 Å². The summed E-state index contributed by atoms with van der Waals surface area (Å²) < 4.78 is 5.56. The average Bonchev–Trinajstić information content (AvgIpc) is 2.42. The Morgan fingerprint density at radius 2 is 1.90 bits per heavy atom. The van der Waals surface area contributed by atoms with Gasteiger partial charge in [-0.2, -0.15) is 4.98 Å². The molecule has 1 heterocycles. The summed E-state index contributed by atoms with van der Waals surface area (Å²) in [5, 5.41) is 3.77. The molecule has 5 heteroatoms. The van der Waals surface area contributed by atoms with Crippen molar-refractivity contribution in [1.82, 2.24) is 15.3 Å². The predicted octanol–water partition coefficient (Wildman–Crippen LogP) is 1.71. The lowest BCUT2D eigenvalue weighted by atomic mass is 9.53. The van der Waals surface area contributed by atoms with Crippen molar-refractivity contribution in [2.45, 2.75) is 44.1 Å². The van der Waals surface area contributed by atoms with E-state index >= 15 is 0 Å². The molecular weight excluding hydrogens is 266 g/mol. The number of hydrogen-bond acceptors (Lipinski definition) is 4. The van der Waals surface area contributed by atoms with Gasteiger partial charge in [0, 0.05) is 24.3 Å². The third-order valence-electron chi connectivity index (χ3n) is 5.53. The summed E-state index contributed by atoms with van der Waals surface area (Å²) in [6, 6.07) is 1.69. The van der Waals surface area contributed by atoms with E-state index in [1.807, 2.05) is 0 Å². The van der Waals surface area contributed by atoms with Crippen LogP contribution in [-0.2, 0) is 0 Å². The molecule has 5 rings (SSSR count). The van der Waals surface area contributed by atoms with E-state index in [1.165, 1.54) is 38.5 Å². The van der Waals surface area contributed by atoms with Crippen molar-refractivity contribution in [2.24, 2.45) is 17.8 Å². The number of aromatic amines is 1. The number of rotatable bonds is 5. The molecule has 0 amide bonds. The highest BCUT2D eigenvalue weighted by Gasteiger charge is 2.50. The number of nitrogens with one attached hydrogen (secondary N) is 2. The second kappa shape index (κ2) is 5.13. The molecule has 0 unspecified atom stereocenters. The summed E-state index contributed by atoms with van der Waals surface area (Å²) in [5.41, 5.74) is 0.0150. The molecule has 21 heavy (non-hydrogen) atoms. The van der Waals surface area contributed by atoms with E-state index in [2.05, 4.69) is 15.3 Å². The maximum absolute atomic E-state index is 11.1. The van der Waals surface area contributed by atoms with Gasteiger partial charge in [0.1, 0.15) is 6.61 Å². The standard InChI is InChI=1S/C16H23N3O2/c20-15-17-2-1-14(19-15)21-4-3-18-16-8-11-5-12(9-16)7-13(6-11)10-16/h1-2,11-13,18H,3-10H2,(H,17,19,20). The highest BCUT2D eigenvalue weighted by atomic mass is 16.5. The fourth-order valence-corrected chi connectivity index (χ4v) is 5.23. The SMILES string of the molecule is O=c1nc(OCCNC23CC4CC(CC(C4)C2)C3)cc[nH]1. The van der Waals surface area contributed by atoms with Crippen LogP contribution in [0.25, 0.3) is 0 Å². The van der Waals surface area contributed by atoms with Crippen LogP contribution >= 0.6 is 0 Å². The van der Waals surface area contributed by atoms with E-state index in [0.29, 0.717) is 18.0 Å². The van der Waals surface area contributed by atoms with Crippen LogP contribution < -0.4 is 15.7 Å². The third kappa shape index (κ3) is 2.71. The fraction of sp³-hybridized carbons (Fsp3) is 0.750. The Hall–Kier alpha value is -1.36. The molecule has 0 radical (unpaired) electrons. The van der Waals surface area contributed by atoms with Crippen LogP contribution in [0.1, 0.15) is 38.5 Å². The third-order valence-corrected chi connectivity index (χ3v) is 5.53. The smallest absolute Gasteiger partial charge is 0.348 e. The minimum absolute atomic E-state index is 0.360. The minimum atomic E-state index is -0.360.